The van der Waals surface area contributed by atoms with Crippen LogP contribution in [0.5, 0.6) is 0 Å². The molecule has 1 aliphatic rings. The van der Waals surface area contributed by atoms with Gasteiger partial charge in [-0.05, 0) is 50.5 Å². The van der Waals surface area contributed by atoms with E-state index in [-0.39, 0.29) is 0 Å². The van der Waals surface area contributed by atoms with Crippen LogP contribution in [0.1, 0.15) is 44.1 Å². The fourth-order valence-electron chi connectivity index (χ4n) is 2.39. The maximum Gasteiger partial charge on any atom is 0.148 e. The Morgan fingerprint density at radius 2 is 2.00 bits per heavy atom. The lowest BCUT2D eigenvalue weighted by atomic mass is 9.83. The Balaban J connectivity index is 1.73. The van der Waals surface area contributed by atoms with Gasteiger partial charge in [-0.1, -0.05) is 24.9 Å². The highest BCUT2D eigenvalue weighted by Crippen LogP contribution is 2.29. The zero-order valence-corrected chi connectivity index (χ0v) is 11.8. The van der Waals surface area contributed by atoms with Gasteiger partial charge in [0, 0.05) is 6.54 Å². The molecule has 1 heterocycles. The summed E-state index contributed by atoms with van der Waals surface area (Å²) >= 11 is 1.67. The highest BCUT2D eigenvalue weighted by molar-refractivity contribution is 7.97. The Labute approximate surface area is 108 Å². The van der Waals surface area contributed by atoms with E-state index in [0.29, 0.717) is 0 Å². The molecule has 1 fully saturated rings. The van der Waals surface area contributed by atoms with Gasteiger partial charge in [0.15, 0.2) is 0 Å². The van der Waals surface area contributed by atoms with Crippen molar-refractivity contribution in [3.63, 3.8) is 0 Å². The van der Waals surface area contributed by atoms with Crippen LogP contribution in [-0.2, 0) is 0 Å². The molecule has 1 aromatic rings. The second-order valence-corrected chi connectivity index (χ2v) is 6.13. The van der Waals surface area contributed by atoms with Crippen molar-refractivity contribution in [2.24, 2.45) is 11.8 Å². The van der Waals surface area contributed by atoms with E-state index in [1.54, 1.807) is 11.9 Å². The van der Waals surface area contributed by atoms with Gasteiger partial charge in [0.1, 0.15) is 5.76 Å². The highest BCUT2D eigenvalue weighted by Gasteiger charge is 2.18. The van der Waals surface area contributed by atoms with Crippen LogP contribution in [0, 0.1) is 25.7 Å². The maximum atomic E-state index is 5.14. The third-order valence-corrected chi connectivity index (χ3v) is 4.75. The maximum absolute atomic E-state index is 5.14. The lowest BCUT2D eigenvalue weighted by Gasteiger charge is -2.25. The van der Waals surface area contributed by atoms with Crippen molar-refractivity contribution in [2.45, 2.75) is 51.3 Å². The Morgan fingerprint density at radius 1 is 1.29 bits per heavy atom. The minimum Gasteiger partial charge on any atom is -0.360 e. The smallest absolute Gasteiger partial charge is 0.148 e. The summed E-state index contributed by atoms with van der Waals surface area (Å²) in [5.74, 6) is 2.69. The molecule has 0 atom stereocenters. The van der Waals surface area contributed by atoms with Gasteiger partial charge in [-0.3, -0.25) is 4.72 Å². The van der Waals surface area contributed by atoms with Crippen LogP contribution in [0.15, 0.2) is 9.42 Å². The Kier molecular flexibility index (Phi) is 4.51. The van der Waals surface area contributed by atoms with Crippen molar-refractivity contribution in [3.8, 4) is 0 Å². The minimum absolute atomic E-state index is 0.846. The molecule has 0 spiro atoms. The van der Waals surface area contributed by atoms with E-state index >= 15 is 0 Å². The van der Waals surface area contributed by atoms with Crippen molar-refractivity contribution in [3.05, 3.63) is 11.5 Å². The number of nitrogens with zero attached hydrogens (tertiary/aromatic N) is 1. The Morgan fingerprint density at radius 3 is 2.59 bits per heavy atom. The lowest BCUT2D eigenvalue weighted by molar-refractivity contribution is 0.292. The Hall–Kier alpha value is -0.480. The van der Waals surface area contributed by atoms with Gasteiger partial charge >= 0.3 is 0 Å². The molecule has 0 aromatic carbocycles. The van der Waals surface area contributed by atoms with Crippen LogP contribution in [-0.4, -0.2) is 11.7 Å². The lowest BCUT2D eigenvalue weighted by Crippen LogP contribution is -2.22. The molecule has 17 heavy (non-hydrogen) atoms. The van der Waals surface area contributed by atoms with Gasteiger partial charge in [0.2, 0.25) is 0 Å². The molecule has 96 valence electrons. The van der Waals surface area contributed by atoms with E-state index in [1.807, 2.05) is 13.8 Å². The van der Waals surface area contributed by atoms with E-state index in [0.717, 1.165) is 34.7 Å². The van der Waals surface area contributed by atoms with Gasteiger partial charge in [-0.15, -0.1) is 0 Å². The van der Waals surface area contributed by atoms with Crippen LogP contribution < -0.4 is 4.72 Å². The van der Waals surface area contributed by atoms with Gasteiger partial charge in [-0.25, -0.2) is 0 Å². The number of hydrogen-bond acceptors (Lipinski definition) is 4. The topological polar surface area (TPSA) is 38.1 Å². The molecule has 2 rings (SSSR count). The molecular weight excluding hydrogens is 232 g/mol. The number of nitrogens with one attached hydrogen (secondary N) is 1. The van der Waals surface area contributed by atoms with Crippen LogP contribution in [0.4, 0.5) is 0 Å². The monoisotopic (exact) mass is 254 g/mol. The summed E-state index contributed by atoms with van der Waals surface area (Å²) in [6.07, 6.45) is 5.53. The molecule has 1 aliphatic carbocycles. The van der Waals surface area contributed by atoms with Crippen LogP contribution in [0.3, 0.4) is 0 Å². The summed E-state index contributed by atoms with van der Waals surface area (Å²) in [4.78, 5) is 1.15. The quantitative estimate of drug-likeness (QED) is 0.831. The number of aryl methyl sites for hydroxylation is 2. The van der Waals surface area contributed by atoms with Crippen molar-refractivity contribution in [1.29, 1.82) is 0 Å². The summed E-state index contributed by atoms with van der Waals surface area (Å²) in [5.41, 5.74) is 0.984. The second kappa shape index (κ2) is 5.91. The van der Waals surface area contributed by atoms with Crippen LogP contribution in [0.2, 0.25) is 0 Å². The molecule has 0 radical (unpaired) electrons. The molecule has 0 aliphatic heterocycles. The van der Waals surface area contributed by atoms with Crippen molar-refractivity contribution < 1.29 is 4.52 Å². The van der Waals surface area contributed by atoms with Gasteiger partial charge in [0.05, 0.1) is 10.6 Å². The summed E-state index contributed by atoms with van der Waals surface area (Å²) in [6, 6.07) is 0. The molecule has 0 amide bonds. The first-order chi connectivity index (χ1) is 8.16. The first-order valence-electron chi connectivity index (χ1n) is 6.49. The molecular formula is C13H22N2OS. The number of rotatable bonds is 4. The summed E-state index contributed by atoms with van der Waals surface area (Å²) in [5, 5.41) is 3.96. The SMILES string of the molecule is Cc1noc(C)c1SNCC1CCC(C)CC1. The Bertz CT molecular complexity index is 337. The fraction of sp³-hybridized carbons (Fsp3) is 0.769. The van der Waals surface area contributed by atoms with E-state index in [9.17, 15) is 0 Å². The second-order valence-electron chi connectivity index (χ2n) is 5.23. The van der Waals surface area contributed by atoms with E-state index in [2.05, 4.69) is 16.8 Å². The summed E-state index contributed by atoms with van der Waals surface area (Å²) in [7, 11) is 0. The minimum atomic E-state index is 0.846. The highest BCUT2D eigenvalue weighted by atomic mass is 32.2. The molecule has 0 bridgehead atoms. The van der Waals surface area contributed by atoms with E-state index in [1.165, 1.54) is 25.7 Å². The predicted molar refractivity (Wildman–Crippen MR) is 71.0 cm³/mol. The van der Waals surface area contributed by atoms with Crippen molar-refractivity contribution in [2.75, 3.05) is 6.54 Å². The average Bonchev–Trinajstić information content (AvgIpc) is 2.63. The van der Waals surface area contributed by atoms with E-state index < -0.39 is 0 Å². The first kappa shape index (κ1) is 13.0. The van der Waals surface area contributed by atoms with Crippen molar-refractivity contribution >= 4 is 11.9 Å². The van der Waals surface area contributed by atoms with Gasteiger partial charge in [-0.2, -0.15) is 0 Å². The normalized spacial score (nSPS) is 25.1. The predicted octanol–water partition coefficient (Wildman–Crippen LogP) is 3.71. The zero-order chi connectivity index (χ0) is 12.3. The first-order valence-corrected chi connectivity index (χ1v) is 7.31. The van der Waals surface area contributed by atoms with E-state index in [4.69, 9.17) is 4.52 Å². The largest absolute Gasteiger partial charge is 0.360 e. The standard InChI is InChI=1S/C13H22N2OS/c1-9-4-6-12(7-5-9)8-14-17-13-10(2)15-16-11(13)3/h9,12,14H,4-8H2,1-3H3. The zero-order valence-electron chi connectivity index (χ0n) is 11.0. The molecule has 3 nitrogen and oxygen atoms in total. The molecule has 1 aromatic heterocycles. The summed E-state index contributed by atoms with van der Waals surface area (Å²) < 4.78 is 8.61. The molecule has 4 heteroatoms. The van der Waals surface area contributed by atoms with Crippen LogP contribution in [0.25, 0.3) is 0 Å². The average molecular weight is 254 g/mol. The van der Waals surface area contributed by atoms with Gasteiger partial charge < -0.3 is 4.52 Å². The number of hydrogen-bond donors (Lipinski definition) is 1. The van der Waals surface area contributed by atoms with Crippen molar-refractivity contribution in [1.82, 2.24) is 9.88 Å². The van der Waals surface area contributed by atoms with Gasteiger partial charge in [0.25, 0.3) is 0 Å². The third-order valence-electron chi connectivity index (χ3n) is 3.65. The fourth-order valence-corrected chi connectivity index (χ4v) is 3.21. The molecule has 0 unspecified atom stereocenters. The molecule has 1 N–H and O–H groups in total. The third kappa shape index (κ3) is 3.49. The summed E-state index contributed by atoms with van der Waals surface area (Å²) in [6.45, 7) is 7.42. The van der Waals surface area contributed by atoms with Crippen LogP contribution >= 0.6 is 11.9 Å². The molecule has 1 saturated carbocycles. The number of aromatic nitrogens is 1. The molecule has 0 saturated heterocycles.